The monoisotopic (exact) mass is 292 g/mol. The molecule has 6 nitrogen and oxygen atoms in total. The van der Waals surface area contributed by atoms with Crippen LogP contribution >= 0.6 is 11.6 Å². The van der Waals surface area contributed by atoms with Crippen molar-refractivity contribution in [2.45, 2.75) is 18.2 Å². The molecule has 0 aliphatic rings. The van der Waals surface area contributed by atoms with Crippen LogP contribution in [0.4, 0.5) is 5.69 Å². The van der Waals surface area contributed by atoms with E-state index in [0.717, 1.165) is 6.07 Å². The highest BCUT2D eigenvalue weighted by Gasteiger charge is 2.19. The fourth-order valence-corrected chi connectivity index (χ4v) is 2.54. The van der Waals surface area contributed by atoms with Gasteiger partial charge >= 0.3 is 0 Å². The SMILES string of the molecule is Cc1ccc(S(=O)(=O)NCCCCl)cc1[N+](=O)[O-]. The first-order valence-corrected chi connectivity index (χ1v) is 7.21. The van der Waals surface area contributed by atoms with Crippen molar-refractivity contribution in [3.05, 3.63) is 33.9 Å². The maximum absolute atomic E-state index is 11.8. The Morgan fingerprint density at radius 1 is 1.44 bits per heavy atom. The maximum atomic E-state index is 11.8. The molecule has 1 N–H and O–H groups in total. The Bertz CT molecular complexity index is 545. The minimum Gasteiger partial charge on any atom is -0.258 e. The van der Waals surface area contributed by atoms with Gasteiger partial charge in [0.15, 0.2) is 0 Å². The van der Waals surface area contributed by atoms with Gasteiger partial charge in [-0.3, -0.25) is 10.1 Å². The minimum absolute atomic E-state index is 0.116. The Hall–Kier alpha value is -1.18. The smallest absolute Gasteiger partial charge is 0.258 e. The fraction of sp³-hybridized carbons (Fsp3) is 0.400. The molecule has 0 saturated heterocycles. The number of hydrogen-bond donors (Lipinski definition) is 1. The van der Waals surface area contributed by atoms with Gasteiger partial charge in [-0.05, 0) is 19.4 Å². The standard InChI is InChI=1S/C10H13ClN2O4S/c1-8-3-4-9(7-10(8)13(14)15)18(16,17)12-6-2-5-11/h3-4,7,12H,2,5-6H2,1H3. The molecule has 0 amide bonds. The van der Waals surface area contributed by atoms with Gasteiger partial charge < -0.3 is 0 Å². The second-order valence-corrected chi connectivity index (χ2v) is 5.79. The summed E-state index contributed by atoms with van der Waals surface area (Å²) in [6, 6.07) is 3.80. The predicted molar refractivity (Wildman–Crippen MR) is 68.4 cm³/mol. The molecular weight excluding hydrogens is 280 g/mol. The third-order valence-electron chi connectivity index (χ3n) is 2.29. The van der Waals surface area contributed by atoms with E-state index in [4.69, 9.17) is 11.6 Å². The van der Waals surface area contributed by atoms with Gasteiger partial charge in [0.2, 0.25) is 10.0 Å². The molecule has 0 aliphatic heterocycles. The van der Waals surface area contributed by atoms with Gasteiger partial charge in [-0.15, -0.1) is 11.6 Å². The van der Waals surface area contributed by atoms with E-state index >= 15 is 0 Å². The number of aryl methyl sites for hydroxylation is 1. The highest BCUT2D eigenvalue weighted by atomic mass is 35.5. The molecule has 0 saturated carbocycles. The molecule has 1 rings (SSSR count). The Labute approximate surface area is 110 Å². The second-order valence-electron chi connectivity index (χ2n) is 3.65. The van der Waals surface area contributed by atoms with E-state index in [-0.39, 0.29) is 17.1 Å². The van der Waals surface area contributed by atoms with E-state index in [1.54, 1.807) is 6.92 Å². The van der Waals surface area contributed by atoms with Crippen LogP contribution < -0.4 is 4.72 Å². The molecule has 1 aromatic rings. The quantitative estimate of drug-likeness (QED) is 0.375. The van der Waals surface area contributed by atoms with Crippen LogP contribution in [-0.2, 0) is 10.0 Å². The van der Waals surface area contributed by atoms with Crippen molar-refractivity contribution in [3.63, 3.8) is 0 Å². The van der Waals surface area contributed by atoms with Crippen LogP contribution in [-0.4, -0.2) is 25.8 Å². The van der Waals surface area contributed by atoms with Crippen molar-refractivity contribution in [2.75, 3.05) is 12.4 Å². The zero-order chi connectivity index (χ0) is 13.8. The van der Waals surface area contributed by atoms with Crippen LogP contribution in [0.1, 0.15) is 12.0 Å². The molecule has 0 radical (unpaired) electrons. The van der Waals surface area contributed by atoms with Gasteiger partial charge in [0.25, 0.3) is 5.69 Å². The van der Waals surface area contributed by atoms with E-state index in [0.29, 0.717) is 17.9 Å². The third-order valence-corrected chi connectivity index (χ3v) is 4.02. The lowest BCUT2D eigenvalue weighted by atomic mass is 10.2. The van der Waals surface area contributed by atoms with Gasteiger partial charge in [-0.2, -0.15) is 0 Å². The van der Waals surface area contributed by atoms with Crippen LogP contribution in [0.3, 0.4) is 0 Å². The van der Waals surface area contributed by atoms with E-state index in [1.165, 1.54) is 12.1 Å². The van der Waals surface area contributed by atoms with E-state index in [9.17, 15) is 18.5 Å². The highest BCUT2D eigenvalue weighted by molar-refractivity contribution is 7.89. The number of alkyl halides is 1. The molecular formula is C10H13ClN2O4S. The summed E-state index contributed by atoms with van der Waals surface area (Å²) in [4.78, 5) is 10.0. The lowest BCUT2D eigenvalue weighted by molar-refractivity contribution is -0.385. The molecule has 0 atom stereocenters. The van der Waals surface area contributed by atoms with Crippen LogP contribution in [0.25, 0.3) is 0 Å². The summed E-state index contributed by atoms with van der Waals surface area (Å²) in [6.45, 7) is 1.75. The van der Waals surface area contributed by atoms with Crippen molar-refractivity contribution in [1.82, 2.24) is 4.72 Å². The number of nitrogens with one attached hydrogen (secondary N) is 1. The first kappa shape index (κ1) is 14.9. The molecule has 0 aromatic heterocycles. The third kappa shape index (κ3) is 3.66. The van der Waals surface area contributed by atoms with E-state index in [1.807, 2.05) is 0 Å². The highest BCUT2D eigenvalue weighted by Crippen LogP contribution is 2.21. The zero-order valence-corrected chi connectivity index (χ0v) is 11.3. The van der Waals surface area contributed by atoms with Crippen molar-refractivity contribution in [3.8, 4) is 0 Å². The normalized spacial score (nSPS) is 11.4. The molecule has 1 aromatic carbocycles. The Morgan fingerprint density at radius 2 is 2.11 bits per heavy atom. The fourth-order valence-electron chi connectivity index (χ4n) is 1.31. The Morgan fingerprint density at radius 3 is 2.67 bits per heavy atom. The predicted octanol–water partition coefficient (Wildman–Crippen LogP) is 1.81. The number of hydrogen-bond acceptors (Lipinski definition) is 4. The second kappa shape index (κ2) is 6.12. The van der Waals surface area contributed by atoms with Crippen molar-refractivity contribution in [2.24, 2.45) is 0 Å². The number of nitro groups is 1. The summed E-state index contributed by atoms with van der Waals surface area (Å²) in [5, 5.41) is 10.7. The number of halogens is 1. The number of rotatable bonds is 6. The van der Waals surface area contributed by atoms with Gasteiger partial charge in [0.1, 0.15) is 0 Å². The van der Waals surface area contributed by atoms with Gasteiger partial charge in [-0.25, -0.2) is 13.1 Å². The van der Waals surface area contributed by atoms with Gasteiger partial charge in [-0.1, -0.05) is 6.07 Å². The molecule has 0 spiro atoms. The van der Waals surface area contributed by atoms with Crippen LogP contribution in [0.15, 0.2) is 23.1 Å². The molecule has 0 fully saturated rings. The summed E-state index contributed by atoms with van der Waals surface area (Å²) in [7, 11) is -3.72. The van der Waals surface area contributed by atoms with E-state index < -0.39 is 14.9 Å². The van der Waals surface area contributed by atoms with Gasteiger partial charge in [0.05, 0.1) is 9.82 Å². The Balaban J connectivity index is 3.02. The summed E-state index contributed by atoms with van der Waals surface area (Å²) < 4.78 is 26.0. The lowest BCUT2D eigenvalue weighted by Gasteiger charge is -2.06. The largest absolute Gasteiger partial charge is 0.273 e. The van der Waals surface area contributed by atoms with Crippen molar-refractivity contribution < 1.29 is 13.3 Å². The summed E-state index contributed by atoms with van der Waals surface area (Å²) >= 11 is 5.44. The lowest BCUT2D eigenvalue weighted by Crippen LogP contribution is -2.25. The number of nitro benzene ring substituents is 1. The summed E-state index contributed by atoms with van der Waals surface area (Å²) in [6.07, 6.45) is 0.495. The van der Waals surface area contributed by atoms with Gasteiger partial charge in [0, 0.05) is 24.1 Å². The average Bonchev–Trinajstić information content (AvgIpc) is 2.29. The number of sulfonamides is 1. The minimum atomic E-state index is -3.72. The number of nitrogens with zero attached hydrogens (tertiary/aromatic N) is 1. The molecule has 0 heterocycles. The molecule has 0 aliphatic carbocycles. The Kier molecular flexibility index (Phi) is 5.06. The molecule has 0 bridgehead atoms. The zero-order valence-electron chi connectivity index (χ0n) is 9.72. The van der Waals surface area contributed by atoms with Crippen molar-refractivity contribution in [1.29, 1.82) is 0 Å². The maximum Gasteiger partial charge on any atom is 0.273 e. The van der Waals surface area contributed by atoms with Crippen LogP contribution in [0.2, 0.25) is 0 Å². The molecule has 100 valence electrons. The summed E-state index contributed by atoms with van der Waals surface area (Å²) in [5.74, 6) is 0.344. The molecule has 0 unspecified atom stereocenters. The first-order valence-electron chi connectivity index (χ1n) is 5.19. The van der Waals surface area contributed by atoms with E-state index in [2.05, 4.69) is 4.72 Å². The van der Waals surface area contributed by atoms with Crippen LogP contribution in [0.5, 0.6) is 0 Å². The first-order chi connectivity index (χ1) is 8.38. The molecule has 18 heavy (non-hydrogen) atoms. The summed E-state index contributed by atoms with van der Waals surface area (Å²) in [5.41, 5.74) is 0.204. The molecule has 8 heteroatoms. The number of benzene rings is 1. The topological polar surface area (TPSA) is 89.3 Å². The average molecular weight is 293 g/mol. The van der Waals surface area contributed by atoms with Crippen LogP contribution in [0, 0.1) is 17.0 Å². The van der Waals surface area contributed by atoms with Crippen molar-refractivity contribution >= 4 is 27.3 Å².